The van der Waals surface area contributed by atoms with Gasteiger partial charge in [-0.05, 0) is 35.9 Å². The van der Waals surface area contributed by atoms with Gasteiger partial charge < -0.3 is 13.9 Å². The number of ether oxygens (including phenoxy) is 2. The summed E-state index contributed by atoms with van der Waals surface area (Å²) in [5.41, 5.74) is 5.23. The van der Waals surface area contributed by atoms with Gasteiger partial charge in [0.05, 0.1) is 13.4 Å². The Labute approximate surface area is 144 Å². The number of hydrogen-bond donors (Lipinski definition) is 2. The van der Waals surface area contributed by atoms with Crippen molar-refractivity contribution in [2.24, 2.45) is 0 Å². The molecular weight excluding hydrogens is 324 g/mol. The molecule has 0 bridgehead atoms. The highest BCUT2D eigenvalue weighted by molar-refractivity contribution is 5.96. The van der Waals surface area contributed by atoms with Crippen LogP contribution in [-0.2, 0) is 4.79 Å². The number of methoxy groups -OCH3 is 1. The minimum atomic E-state index is -0.544. The van der Waals surface area contributed by atoms with Gasteiger partial charge in [-0.15, -0.1) is 0 Å². The van der Waals surface area contributed by atoms with Gasteiger partial charge in [-0.1, -0.05) is 18.7 Å². The largest absolute Gasteiger partial charge is 0.493 e. The molecule has 0 fully saturated rings. The zero-order chi connectivity index (χ0) is 18.1. The molecular formula is C18H18N2O5. The van der Waals surface area contributed by atoms with E-state index in [1.54, 1.807) is 36.4 Å². The van der Waals surface area contributed by atoms with E-state index in [0.29, 0.717) is 18.1 Å². The van der Waals surface area contributed by atoms with Crippen molar-refractivity contribution in [3.63, 3.8) is 0 Å². The number of carbonyl (C=O) groups is 2. The first-order chi connectivity index (χ1) is 12.1. The molecule has 0 unspecified atom stereocenters. The standard InChI is InChI=1S/C18H18N2O5/c1-3-10-24-14-8-6-13(12-16(14)23-2)7-9-17(21)19-20-18(22)15-5-4-11-25-15/h3-9,11-12H,1,10H2,2H3,(H,19,21)(H,20,22)/b9-7+. The fourth-order valence-corrected chi connectivity index (χ4v) is 1.86. The van der Waals surface area contributed by atoms with Crippen LogP contribution in [0.3, 0.4) is 0 Å². The number of carbonyl (C=O) groups excluding carboxylic acids is 2. The van der Waals surface area contributed by atoms with Crippen molar-refractivity contribution in [1.29, 1.82) is 0 Å². The van der Waals surface area contributed by atoms with Crippen LogP contribution in [0.25, 0.3) is 6.08 Å². The van der Waals surface area contributed by atoms with Gasteiger partial charge in [0.15, 0.2) is 17.3 Å². The lowest BCUT2D eigenvalue weighted by Crippen LogP contribution is -2.40. The summed E-state index contributed by atoms with van der Waals surface area (Å²) in [6.45, 7) is 3.95. The van der Waals surface area contributed by atoms with Gasteiger partial charge in [0.25, 0.3) is 5.91 Å². The smallest absolute Gasteiger partial charge is 0.305 e. The third kappa shape index (κ3) is 5.28. The molecule has 0 atom stereocenters. The van der Waals surface area contributed by atoms with Crippen molar-refractivity contribution in [2.75, 3.05) is 13.7 Å². The number of rotatable bonds is 7. The molecule has 0 aliphatic carbocycles. The molecule has 0 aliphatic heterocycles. The highest BCUT2D eigenvalue weighted by atomic mass is 16.5. The summed E-state index contributed by atoms with van der Waals surface area (Å²) in [6.07, 6.45) is 5.86. The van der Waals surface area contributed by atoms with Crippen LogP contribution < -0.4 is 20.3 Å². The van der Waals surface area contributed by atoms with Crippen LogP contribution in [0, 0.1) is 0 Å². The highest BCUT2D eigenvalue weighted by Crippen LogP contribution is 2.28. The molecule has 2 amide bonds. The molecule has 0 spiro atoms. The van der Waals surface area contributed by atoms with E-state index in [-0.39, 0.29) is 5.76 Å². The van der Waals surface area contributed by atoms with E-state index in [0.717, 1.165) is 5.56 Å². The predicted octanol–water partition coefficient (Wildman–Crippen LogP) is 2.33. The molecule has 25 heavy (non-hydrogen) atoms. The Balaban J connectivity index is 1.92. The molecule has 1 aromatic heterocycles. The van der Waals surface area contributed by atoms with Crippen molar-refractivity contribution >= 4 is 17.9 Å². The summed E-state index contributed by atoms with van der Waals surface area (Å²) in [4.78, 5) is 23.4. The lowest BCUT2D eigenvalue weighted by Gasteiger charge is -2.09. The molecule has 2 rings (SSSR count). The zero-order valence-corrected chi connectivity index (χ0v) is 13.7. The van der Waals surface area contributed by atoms with Gasteiger partial charge in [-0.25, -0.2) is 0 Å². The molecule has 2 N–H and O–H groups in total. The molecule has 0 radical (unpaired) electrons. The zero-order valence-electron chi connectivity index (χ0n) is 13.7. The quantitative estimate of drug-likeness (QED) is 0.458. The number of benzene rings is 1. The van der Waals surface area contributed by atoms with Gasteiger partial charge in [-0.3, -0.25) is 20.4 Å². The molecule has 0 saturated carbocycles. The van der Waals surface area contributed by atoms with E-state index in [2.05, 4.69) is 17.4 Å². The summed E-state index contributed by atoms with van der Waals surface area (Å²) in [5, 5.41) is 0. The van der Waals surface area contributed by atoms with Crippen LogP contribution in [0.15, 0.2) is 59.7 Å². The first-order valence-electron chi connectivity index (χ1n) is 7.37. The van der Waals surface area contributed by atoms with Crippen molar-refractivity contribution in [2.45, 2.75) is 0 Å². The van der Waals surface area contributed by atoms with Gasteiger partial charge in [0.2, 0.25) is 0 Å². The van der Waals surface area contributed by atoms with E-state index < -0.39 is 11.8 Å². The second kappa shape index (κ2) is 8.97. The van der Waals surface area contributed by atoms with Crippen molar-refractivity contribution < 1.29 is 23.5 Å². The SMILES string of the molecule is C=CCOc1ccc(/C=C/C(=O)NNC(=O)c2ccco2)cc1OC. The maximum Gasteiger partial charge on any atom is 0.305 e. The average molecular weight is 342 g/mol. The predicted molar refractivity (Wildman–Crippen MR) is 92.0 cm³/mol. The second-order valence-electron chi connectivity index (χ2n) is 4.76. The van der Waals surface area contributed by atoms with Crippen molar-refractivity contribution in [1.82, 2.24) is 10.9 Å². The maximum absolute atomic E-state index is 11.7. The molecule has 1 aromatic carbocycles. The Bertz CT molecular complexity index is 766. The summed E-state index contributed by atoms with van der Waals surface area (Å²) in [7, 11) is 1.53. The molecule has 0 aliphatic rings. The number of nitrogens with one attached hydrogen (secondary N) is 2. The minimum absolute atomic E-state index is 0.101. The topological polar surface area (TPSA) is 89.8 Å². The summed E-state index contributed by atoms with van der Waals surface area (Å²) in [6, 6.07) is 8.29. The molecule has 130 valence electrons. The molecule has 1 heterocycles. The minimum Gasteiger partial charge on any atom is -0.493 e. The van der Waals surface area contributed by atoms with Crippen LogP contribution in [0.5, 0.6) is 11.5 Å². The number of furan rings is 1. The first-order valence-corrected chi connectivity index (χ1v) is 7.37. The Morgan fingerprint density at radius 1 is 1.24 bits per heavy atom. The first kappa shape index (κ1) is 17.9. The van der Waals surface area contributed by atoms with Gasteiger partial charge >= 0.3 is 5.91 Å². The number of hydrogen-bond acceptors (Lipinski definition) is 5. The Morgan fingerprint density at radius 2 is 2.08 bits per heavy atom. The van der Waals surface area contributed by atoms with Gasteiger partial charge in [-0.2, -0.15) is 0 Å². The van der Waals surface area contributed by atoms with E-state index >= 15 is 0 Å². The Hall–Kier alpha value is -3.48. The van der Waals surface area contributed by atoms with E-state index in [1.165, 1.54) is 25.5 Å². The van der Waals surface area contributed by atoms with Gasteiger partial charge in [0.1, 0.15) is 6.61 Å². The monoisotopic (exact) mass is 342 g/mol. The van der Waals surface area contributed by atoms with Crippen molar-refractivity contribution in [3.05, 3.63) is 66.6 Å². The summed E-state index contributed by atoms with van der Waals surface area (Å²) < 4.78 is 15.6. The Morgan fingerprint density at radius 3 is 2.76 bits per heavy atom. The third-order valence-electron chi connectivity index (χ3n) is 3.02. The fourth-order valence-electron chi connectivity index (χ4n) is 1.86. The maximum atomic E-state index is 11.7. The van der Waals surface area contributed by atoms with Crippen LogP contribution in [-0.4, -0.2) is 25.5 Å². The van der Waals surface area contributed by atoms with E-state index in [1.807, 2.05) is 0 Å². The average Bonchev–Trinajstić information content (AvgIpc) is 3.17. The molecule has 0 saturated heterocycles. The number of amides is 2. The second-order valence-corrected chi connectivity index (χ2v) is 4.76. The molecule has 7 heteroatoms. The highest BCUT2D eigenvalue weighted by Gasteiger charge is 2.08. The van der Waals surface area contributed by atoms with Crippen LogP contribution in [0.4, 0.5) is 0 Å². The lowest BCUT2D eigenvalue weighted by atomic mass is 10.2. The summed E-state index contributed by atoms with van der Waals surface area (Å²) >= 11 is 0. The molecule has 7 nitrogen and oxygen atoms in total. The van der Waals surface area contributed by atoms with E-state index in [4.69, 9.17) is 13.9 Å². The number of hydrazine groups is 1. The Kier molecular flexibility index (Phi) is 6.41. The van der Waals surface area contributed by atoms with Gasteiger partial charge in [0, 0.05) is 6.08 Å². The fraction of sp³-hybridized carbons (Fsp3) is 0.111. The third-order valence-corrected chi connectivity index (χ3v) is 3.02. The normalized spacial score (nSPS) is 10.3. The van der Waals surface area contributed by atoms with Crippen molar-refractivity contribution in [3.8, 4) is 11.5 Å². The van der Waals surface area contributed by atoms with Crippen LogP contribution in [0.2, 0.25) is 0 Å². The van der Waals surface area contributed by atoms with E-state index in [9.17, 15) is 9.59 Å². The summed E-state index contributed by atoms with van der Waals surface area (Å²) in [5.74, 6) is 0.178. The lowest BCUT2D eigenvalue weighted by molar-refractivity contribution is -0.117. The van der Waals surface area contributed by atoms with Crippen LogP contribution in [0.1, 0.15) is 16.1 Å². The molecule has 2 aromatic rings. The van der Waals surface area contributed by atoms with Crippen LogP contribution >= 0.6 is 0 Å².